The molecule has 6 heteroatoms. The van der Waals surface area contributed by atoms with E-state index in [1.54, 1.807) is 12.1 Å². The molecule has 1 aliphatic heterocycles. The zero-order chi connectivity index (χ0) is 21.5. The van der Waals surface area contributed by atoms with Gasteiger partial charge in [0.2, 0.25) is 0 Å². The first-order valence-corrected chi connectivity index (χ1v) is 10.3. The molecule has 1 aliphatic rings. The highest BCUT2D eigenvalue weighted by atomic mass is 32.1. The third-order valence-corrected chi connectivity index (χ3v) is 5.63. The molecule has 154 valence electrons. The van der Waals surface area contributed by atoms with Gasteiger partial charge < -0.3 is 14.4 Å². The van der Waals surface area contributed by atoms with Gasteiger partial charge in [-0.3, -0.25) is 0 Å². The summed E-state index contributed by atoms with van der Waals surface area (Å²) in [7, 11) is 1.51. The molecule has 0 bridgehead atoms. The molecule has 3 rings (SSSR count). The van der Waals surface area contributed by atoms with Gasteiger partial charge in [-0.2, -0.15) is 5.26 Å². The van der Waals surface area contributed by atoms with Crippen LogP contribution in [0.5, 0.6) is 11.5 Å². The summed E-state index contributed by atoms with van der Waals surface area (Å²) in [6.45, 7) is 4.14. The van der Waals surface area contributed by atoms with E-state index >= 15 is 0 Å². The topological polar surface area (TPSA) is 62.6 Å². The van der Waals surface area contributed by atoms with Crippen LogP contribution in [0, 0.1) is 17.2 Å². The normalized spacial score (nSPS) is 14.7. The Morgan fingerprint density at radius 2 is 1.87 bits per heavy atom. The van der Waals surface area contributed by atoms with Crippen molar-refractivity contribution < 1.29 is 14.3 Å². The second kappa shape index (κ2) is 10.0. The first-order chi connectivity index (χ1) is 14.5. The first kappa shape index (κ1) is 21.5. The van der Waals surface area contributed by atoms with Gasteiger partial charge >= 0.3 is 5.97 Å². The maximum atomic E-state index is 12.5. The number of benzene rings is 2. The van der Waals surface area contributed by atoms with Crippen LogP contribution in [0.1, 0.15) is 30.9 Å². The molecule has 0 N–H and O–H groups in total. The largest absolute Gasteiger partial charge is 0.493 e. The van der Waals surface area contributed by atoms with Gasteiger partial charge in [0.15, 0.2) is 11.5 Å². The van der Waals surface area contributed by atoms with E-state index in [4.69, 9.17) is 21.7 Å². The van der Waals surface area contributed by atoms with E-state index < -0.39 is 5.97 Å². The molecule has 0 atom stereocenters. The molecule has 0 aliphatic carbocycles. The number of methoxy groups -OCH3 is 1. The van der Waals surface area contributed by atoms with Crippen molar-refractivity contribution in [3.63, 3.8) is 0 Å². The van der Waals surface area contributed by atoms with Crippen LogP contribution >= 0.6 is 12.2 Å². The van der Waals surface area contributed by atoms with Crippen LogP contribution in [0.15, 0.2) is 54.1 Å². The maximum Gasteiger partial charge on any atom is 0.354 e. The van der Waals surface area contributed by atoms with Crippen LogP contribution in [-0.2, 0) is 4.79 Å². The Kier molecular flexibility index (Phi) is 7.21. The minimum Gasteiger partial charge on any atom is -0.493 e. The van der Waals surface area contributed by atoms with Crippen LogP contribution in [0.4, 0.5) is 0 Å². The van der Waals surface area contributed by atoms with Crippen LogP contribution in [0.3, 0.4) is 0 Å². The smallest absolute Gasteiger partial charge is 0.354 e. The third kappa shape index (κ3) is 5.25. The Morgan fingerprint density at radius 3 is 2.50 bits per heavy atom. The van der Waals surface area contributed by atoms with E-state index in [1.165, 1.54) is 13.2 Å². The summed E-state index contributed by atoms with van der Waals surface area (Å²) in [5.74, 6) is 0.625. The fourth-order valence-electron chi connectivity index (χ4n) is 3.29. The first-order valence-electron chi connectivity index (χ1n) is 9.88. The van der Waals surface area contributed by atoms with Crippen molar-refractivity contribution in [2.75, 3.05) is 20.2 Å². The predicted molar refractivity (Wildman–Crippen MR) is 120 cm³/mol. The molecule has 0 saturated carbocycles. The van der Waals surface area contributed by atoms with Crippen molar-refractivity contribution in [2.45, 2.75) is 19.8 Å². The predicted octanol–water partition coefficient (Wildman–Crippen LogP) is 4.62. The van der Waals surface area contributed by atoms with Gasteiger partial charge in [0, 0.05) is 18.7 Å². The Morgan fingerprint density at radius 1 is 1.17 bits per heavy atom. The molecule has 0 unspecified atom stereocenters. The number of nitrogens with zero attached hydrogens (tertiary/aromatic N) is 2. The van der Waals surface area contributed by atoms with Crippen molar-refractivity contribution in [3.8, 4) is 17.6 Å². The van der Waals surface area contributed by atoms with Crippen molar-refractivity contribution in [3.05, 3.63) is 65.2 Å². The summed E-state index contributed by atoms with van der Waals surface area (Å²) in [6, 6.07) is 16.3. The van der Waals surface area contributed by atoms with Crippen molar-refractivity contribution in [1.82, 2.24) is 4.90 Å². The Labute approximate surface area is 182 Å². The summed E-state index contributed by atoms with van der Waals surface area (Å²) in [5, 5.41) is 9.37. The van der Waals surface area contributed by atoms with Gasteiger partial charge in [-0.15, -0.1) is 0 Å². The molecule has 5 nitrogen and oxygen atoms in total. The molecule has 30 heavy (non-hydrogen) atoms. The van der Waals surface area contributed by atoms with Gasteiger partial charge in [-0.25, -0.2) is 4.79 Å². The lowest BCUT2D eigenvalue weighted by molar-refractivity contribution is -0.129. The summed E-state index contributed by atoms with van der Waals surface area (Å²) in [5.41, 5.74) is 1.50. The van der Waals surface area contributed by atoms with Crippen molar-refractivity contribution in [2.24, 2.45) is 5.92 Å². The average molecular weight is 421 g/mol. The number of hydrogen-bond donors (Lipinski definition) is 0. The molecule has 0 amide bonds. The maximum absolute atomic E-state index is 12.5. The highest BCUT2D eigenvalue weighted by molar-refractivity contribution is 7.80. The monoisotopic (exact) mass is 420 g/mol. The Bertz CT molecular complexity index is 987. The van der Waals surface area contributed by atoms with E-state index in [1.807, 2.05) is 42.5 Å². The third-order valence-electron chi connectivity index (χ3n) is 5.14. The van der Waals surface area contributed by atoms with Gasteiger partial charge in [0.1, 0.15) is 16.6 Å². The quantitative estimate of drug-likeness (QED) is 0.231. The lowest BCUT2D eigenvalue weighted by Gasteiger charge is -2.32. The van der Waals surface area contributed by atoms with E-state index in [9.17, 15) is 10.1 Å². The molecule has 2 aromatic carbocycles. The molecular weight excluding hydrogens is 396 g/mol. The molecule has 1 heterocycles. The van der Waals surface area contributed by atoms with Gasteiger partial charge in [0.05, 0.1) is 7.11 Å². The molecule has 1 saturated heterocycles. The molecule has 1 fully saturated rings. The number of carbonyl (C=O) groups is 1. The number of thiocarbonyl (C=S) groups is 1. The van der Waals surface area contributed by atoms with E-state index in [0.717, 1.165) is 48.0 Å². The summed E-state index contributed by atoms with van der Waals surface area (Å²) >= 11 is 5.66. The Hall–Kier alpha value is -3.17. The van der Waals surface area contributed by atoms with Gasteiger partial charge in [0.25, 0.3) is 0 Å². The van der Waals surface area contributed by atoms with Gasteiger partial charge in [-0.05, 0) is 48.6 Å². The molecule has 0 aromatic heterocycles. The number of rotatable bonds is 5. The van der Waals surface area contributed by atoms with Crippen molar-refractivity contribution in [1.29, 1.82) is 5.26 Å². The van der Waals surface area contributed by atoms with Crippen LogP contribution in [0.2, 0.25) is 0 Å². The SMILES string of the molecule is COc1cc(C(=S)N2CCC(C)CC2)ccc1OC(=O)/C(C#N)=C/c1ccccc1. The highest BCUT2D eigenvalue weighted by Gasteiger charge is 2.21. The number of hydrogen-bond acceptors (Lipinski definition) is 5. The second-order valence-corrected chi connectivity index (χ2v) is 7.70. The van der Waals surface area contributed by atoms with E-state index in [0.29, 0.717) is 5.75 Å². The molecule has 0 radical (unpaired) electrons. The number of ether oxygens (including phenoxy) is 2. The van der Waals surface area contributed by atoms with Crippen LogP contribution in [0.25, 0.3) is 6.08 Å². The highest BCUT2D eigenvalue weighted by Crippen LogP contribution is 2.30. The summed E-state index contributed by atoms with van der Waals surface area (Å²) in [6.07, 6.45) is 3.74. The van der Waals surface area contributed by atoms with E-state index in [2.05, 4.69) is 11.8 Å². The van der Waals surface area contributed by atoms with Crippen LogP contribution < -0.4 is 9.47 Å². The van der Waals surface area contributed by atoms with Crippen molar-refractivity contribution >= 4 is 29.3 Å². The Balaban J connectivity index is 1.76. The fourth-order valence-corrected chi connectivity index (χ4v) is 3.60. The molecule has 2 aromatic rings. The fraction of sp³-hybridized carbons (Fsp3) is 0.292. The van der Waals surface area contributed by atoms with Gasteiger partial charge in [-0.1, -0.05) is 49.5 Å². The minimum atomic E-state index is -0.736. The zero-order valence-electron chi connectivity index (χ0n) is 17.1. The lowest BCUT2D eigenvalue weighted by atomic mass is 9.99. The number of likely N-dealkylation sites (tertiary alicyclic amines) is 1. The second-order valence-electron chi connectivity index (χ2n) is 7.31. The van der Waals surface area contributed by atoms with E-state index in [-0.39, 0.29) is 11.3 Å². The van der Waals surface area contributed by atoms with Crippen LogP contribution in [-0.4, -0.2) is 36.1 Å². The number of piperidine rings is 1. The number of esters is 1. The lowest BCUT2D eigenvalue weighted by Crippen LogP contribution is -2.37. The summed E-state index contributed by atoms with van der Waals surface area (Å²) in [4.78, 5) is 15.5. The molecule has 0 spiro atoms. The minimum absolute atomic E-state index is 0.0923. The summed E-state index contributed by atoms with van der Waals surface area (Å²) < 4.78 is 10.9. The average Bonchev–Trinajstić information content (AvgIpc) is 2.78. The molecular formula is C24H24N2O3S. The number of carbonyl (C=O) groups excluding carboxylic acids is 1. The standard InChI is InChI=1S/C24H24N2O3S/c1-17-10-12-26(13-11-17)23(30)19-8-9-21(22(15-19)28-2)29-24(27)20(16-25)14-18-6-4-3-5-7-18/h3-9,14-15,17H,10-13H2,1-2H3/b20-14+. The zero-order valence-corrected chi connectivity index (χ0v) is 17.9. The number of nitriles is 1.